The second-order valence-electron chi connectivity index (χ2n) is 5.64. The maximum Gasteiger partial charge on any atom is 0.348 e. The molecule has 1 aromatic rings. The van der Waals surface area contributed by atoms with Gasteiger partial charge in [-0.25, -0.2) is 4.79 Å². The maximum atomic E-state index is 12.6. The summed E-state index contributed by atoms with van der Waals surface area (Å²) >= 11 is 1.21. The number of halogens is 1. The molecular weight excluding hydrogens is 338 g/mol. The summed E-state index contributed by atoms with van der Waals surface area (Å²) in [6.07, 6.45) is 1.03. The van der Waals surface area contributed by atoms with Crippen molar-refractivity contribution in [3.63, 3.8) is 0 Å². The molecule has 1 N–H and O–H groups in total. The molecule has 2 aliphatic heterocycles. The Hall–Kier alpha value is -1.15. The molecule has 0 spiro atoms. The van der Waals surface area contributed by atoms with Gasteiger partial charge in [-0.1, -0.05) is 0 Å². The number of thiophene rings is 1. The first-order chi connectivity index (χ1) is 10.7. The first kappa shape index (κ1) is 18.2. The van der Waals surface area contributed by atoms with E-state index in [0.717, 1.165) is 45.7 Å². The van der Waals surface area contributed by atoms with Crippen molar-refractivity contribution in [2.45, 2.75) is 12.5 Å². The summed E-state index contributed by atoms with van der Waals surface area (Å²) in [4.78, 5) is 29.5. The van der Waals surface area contributed by atoms with E-state index in [1.165, 1.54) is 18.4 Å². The van der Waals surface area contributed by atoms with Crippen molar-refractivity contribution in [1.82, 2.24) is 15.1 Å². The Balaban J connectivity index is 0.00000192. The number of esters is 1. The fourth-order valence-electron chi connectivity index (χ4n) is 3.09. The van der Waals surface area contributed by atoms with Crippen LogP contribution in [0, 0.1) is 0 Å². The van der Waals surface area contributed by atoms with Crippen molar-refractivity contribution in [3.8, 4) is 0 Å². The van der Waals surface area contributed by atoms with Crippen LogP contribution in [0.5, 0.6) is 0 Å². The topological polar surface area (TPSA) is 61.9 Å². The minimum absolute atomic E-state index is 0. The summed E-state index contributed by atoms with van der Waals surface area (Å²) in [5, 5.41) is 3.35. The maximum absolute atomic E-state index is 12.6. The molecule has 3 heterocycles. The minimum atomic E-state index is -0.385. The quantitative estimate of drug-likeness (QED) is 0.818. The van der Waals surface area contributed by atoms with Gasteiger partial charge in [0.05, 0.1) is 12.0 Å². The van der Waals surface area contributed by atoms with Gasteiger partial charge in [-0.2, -0.15) is 0 Å². The van der Waals surface area contributed by atoms with Crippen LogP contribution >= 0.6 is 23.7 Å². The Morgan fingerprint density at radius 2 is 1.91 bits per heavy atom. The number of rotatable bonds is 3. The number of hydrogen-bond donors (Lipinski definition) is 1. The molecule has 3 rings (SSSR count). The monoisotopic (exact) mass is 359 g/mol. The van der Waals surface area contributed by atoms with Crippen molar-refractivity contribution in [1.29, 1.82) is 0 Å². The van der Waals surface area contributed by atoms with Gasteiger partial charge in [0.1, 0.15) is 4.88 Å². The number of carbonyl (C=O) groups is 2. The number of ether oxygens (including phenoxy) is 1. The standard InChI is InChI=1S/C15H21N3O3S.ClH/c1-21-15(20)13-3-2-12(22-13)14(19)18-7-4-11(10-18)17-8-5-16-6-9-17;/h2-3,11,16H,4-10H2,1H3;1H. The molecular formula is C15H22ClN3O3S. The largest absolute Gasteiger partial charge is 0.465 e. The minimum Gasteiger partial charge on any atom is -0.465 e. The van der Waals surface area contributed by atoms with Gasteiger partial charge >= 0.3 is 5.97 Å². The first-order valence-electron chi connectivity index (χ1n) is 7.61. The molecule has 2 fully saturated rings. The fraction of sp³-hybridized carbons (Fsp3) is 0.600. The van der Waals surface area contributed by atoms with Gasteiger partial charge in [-0.3, -0.25) is 9.69 Å². The summed E-state index contributed by atoms with van der Waals surface area (Å²) in [6, 6.07) is 3.84. The Kier molecular flexibility index (Phi) is 6.41. The smallest absolute Gasteiger partial charge is 0.348 e. The molecule has 1 unspecified atom stereocenters. The number of nitrogens with one attached hydrogen (secondary N) is 1. The zero-order valence-corrected chi connectivity index (χ0v) is 14.8. The predicted octanol–water partition coefficient (Wildman–Crippen LogP) is 1.08. The summed E-state index contributed by atoms with van der Waals surface area (Å²) in [7, 11) is 1.35. The van der Waals surface area contributed by atoms with Crippen LogP contribution in [0.25, 0.3) is 0 Å². The van der Waals surface area contributed by atoms with Crippen LogP contribution in [0.4, 0.5) is 0 Å². The van der Waals surface area contributed by atoms with E-state index >= 15 is 0 Å². The van der Waals surface area contributed by atoms with E-state index in [1.807, 2.05) is 4.90 Å². The van der Waals surface area contributed by atoms with Crippen molar-refractivity contribution >= 4 is 35.6 Å². The first-order valence-corrected chi connectivity index (χ1v) is 8.43. The molecule has 128 valence electrons. The highest BCUT2D eigenvalue weighted by molar-refractivity contribution is 7.15. The van der Waals surface area contributed by atoms with Crippen molar-refractivity contribution in [2.24, 2.45) is 0 Å². The van der Waals surface area contributed by atoms with Crippen LogP contribution in [0.3, 0.4) is 0 Å². The molecule has 23 heavy (non-hydrogen) atoms. The number of hydrogen-bond acceptors (Lipinski definition) is 6. The summed E-state index contributed by atoms with van der Waals surface area (Å²) in [5.41, 5.74) is 0. The average Bonchev–Trinajstić information content (AvgIpc) is 3.24. The SMILES string of the molecule is COC(=O)c1ccc(C(=O)N2CCC(N3CCNCC3)C2)s1.Cl. The van der Waals surface area contributed by atoms with Gasteiger partial charge < -0.3 is 15.0 Å². The molecule has 0 aromatic carbocycles. The molecule has 2 aliphatic rings. The van der Waals surface area contributed by atoms with Gasteiger partial charge in [0.2, 0.25) is 0 Å². The van der Waals surface area contributed by atoms with Gasteiger partial charge in [-0.15, -0.1) is 23.7 Å². The lowest BCUT2D eigenvalue weighted by molar-refractivity contribution is 0.0606. The van der Waals surface area contributed by atoms with Crippen LogP contribution < -0.4 is 5.32 Å². The predicted molar refractivity (Wildman–Crippen MR) is 91.7 cm³/mol. The number of amides is 1. The van der Waals surface area contributed by atoms with Gasteiger partial charge in [-0.05, 0) is 18.6 Å². The van der Waals surface area contributed by atoms with Crippen molar-refractivity contribution in [3.05, 3.63) is 21.9 Å². The van der Waals surface area contributed by atoms with Crippen LogP contribution in [0.2, 0.25) is 0 Å². The lowest BCUT2D eigenvalue weighted by Crippen LogP contribution is -2.49. The number of carbonyl (C=O) groups excluding carboxylic acids is 2. The summed E-state index contributed by atoms with van der Waals surface area (Å²) in [5.74, 6) is -0.359. The number of piperazine rings is 1. The molecule has 0 aliphatic carbocycles. The average molecular weight is 360 g/mol. The van der Waals surface area contributed by atoms with Crippen LogP contribution in [0.15, 0.2) is 12.1 Å². The molecule has 1 atom stereocenters. The van der Waals surface area contributed by atoms with Crippen molar-refractivity contribution in [2.75, 3.05) is 46.4 Å². The van der Waals surface area contributed by atoms with E-state index in [1.54, 1.807) is 12.1 Å². The summed E-state index contributed by atoms with van der Waals surface area (Å²) in [6.45, 7) is 5.73. The molecule has 1 aromatic heterocycles. The molecule has 6 nitrogen and oxygen atoms in total. The Labute approximate surface area is 146 Å². The molecule has 0 bridgehead atoms. The Morgan fingerprint density at radius 1 is 1.22 bits per heavy atom. The molecule has 8 heteroatoms. The summed E-state index contributed by atoms with van der Waals surface area (Å²) < 4.78 is 4.69. The highest BCUT2D eigenvalue weighted by atomic mass is 35.5. The van der Waals surface area contributed by atoms with Gasteiger partial charge in [0.25, 0.3) is 5.91 Å². The second-order valence-corrected chi connectivity index (χ2v) is 6.72. The van der Waals surface area contributed by atoms with E-state index in [9.17, 15) is 9.59 Å². The number of methoxy groups -OCH3 is 1. The van der Waals surface area contributed by atoms with E-state index in [-0.39, 0.29) is 24.3 Å². The lowest BCUT2D eigenvalue weighted by Gasteiger charge is -2.32. The highest BCUT2D eigenvalue weighted by Gasteiger charge is 2.32. The van der Waals surface area contributed by atoms with E-state index < -0.39 is 0 Å². The molecule has 0 radical (unpaired) electrons. The van der Waals surface area contributed by atoms with E-state index in [0.29, 0.717) is 15.8 Å². The second kappa shape index (κ2) is 8.10. The van der Waals surface area contributed by atoms with E-state index in [2.05, 4.69) is 15.0 Å². The van der Waals surface area contributed by atoms with Gasteiger partial charge in [0.15, 0.2) is 0 Å². The third-order valence-corrected chi connectivity index (χ3v) is 5.38. The highest BCUT2D eigenvalue weighted by Crippen LogP contribution is 2.23. The van der Waals surface area contributed by atoms with E-state index in [4.69, 9.17) is 0 Å². The molecule has 1 amide bonds. The van der Waals surface area contributed by atoms with Crippen LogP contribution in [-0.2, 0) is 4.74 Å². The Bertz CT molecular complexity index is 560. The zero-order valence-electron chi connectivity index (χ0n) is 13.1. The van der Waals surface area contributed by atoms with Crippen LogP contribution in [-0.4, -0.2) is 74.1 Å². The van der Waals surface area contributed by atoms with Gasteiger partial charge in [0, 0.05) is 45.3 Å². The molecule has 0 saturated carbocycles. The zero-order chi connectivity index (χ0) is 15.5. The van der Waals surface area contributed by atoms with Crippen LogP contribution in [0.1, 0.15) is 25.8 Å². The third kappa shape index (κ3) is 4.03. The number of likely N-dealkylation sites (tertiary alicyclic amines) is 1. The normalized spacial score (nSPS) is 21.8. The Morgan fingerprint density at radius 3 is 2.61 bits per heavy atom. The lowest BCUT2D eigenvalue weighted by atomic mass is 10.2. The van der Waals surface area contributed by atoms with Crippen molar-refractivity contribution < 1.29 is 14.3 Å². The number of nitrogens with zero attached hydrogens (tertiary/aromatic N) is 2. The molecule has 2 saturated heterocycles. The third-order valence-electron chi connectivity index (χ3n) is 4.32. The fourth-order valence-corrected chi connectivity index (χ4v) is 3.98.